The quantitative estimate of drug-likeness (QED) is 0.147. The Hall–Kier alpha value is -10.3. The van der Waals surface area contributed by atoms with E-state index in [1.54, 1.807) is 0 Å². The molecule has 17 rings (SSSR count). The third-order valence-electron chi connectivity index (χ3n) is 18.5. The Morgan fingerprint density at radius 2 is 0.864 bits per heavy atom. The second-order valence-corrected chi connectivity index (χ2v) is 22.4. The first kappa shape index (κ1) is 45.7. The summed E-state index contributed by atoms with van der Waals surface area (Å²) in [5.74, 6) is 0. The van der Waals surface area contributed by atoms with Crippen LogP contribution in [0, 0.1) is 0 Å². The van der Waals surface area contributed by atoms with E-state index in [0.29, 0.717) is 0 Å². The van der Waals surface area contributed by atoms with Gasteiger partial charge in [0.15, 0.2) is 0 Å². The lowest BCUT2D eigenvalue weighted by atomic mass is 9.68. The Labute approximate surface area is 471 Å². The van der Waals surface area contributed by atoms with Crippen LogP contribution in [0.1, 0.15) is 45.9 Å². The van der Waals surface area contributed by atoms with E-state index < -0.39 is 5.41 Å². The Bertz CT molecular complexity index is 4820. The molecule has 81 heavy (non-hydrogen) atoms. The van der Waals surface area contributed by atoms with Crippen LogP contribution >= 0.6 is 0 Å². The van der Waals surface area contributed by atoms with Crippen LogP contribution in [0.2, 0.25) is 0 Å². The van der Waals surface area contributed by atoms with Gasteiger partial charge in [-0.25, -0.2) is 0 Å². The summed E-state index contributed by atoms with van der Waals surface area (Å²) in [5.41, 5.74) is 27.7. The number of nitrogens with zero attached hydrogens (tertiary/aromatic N) is 2. The first-order valence-corrected chi connectivity index (χ1v) is 28.3. The van der Waals surface area contributed by atoms with Crippen molar-refractivity contribution >= 4 is 49.6 Å². The molecule has 1 aromatic heterocycles. The van der Waals surface area contributed by atoms with Crippen molar-refractivity contribution < 1.29 is 0 Å². The first-order valence-electron chi connectivity index (χ1n) is 28.3. The summed E-state index contributed by atoms with van der Waals surface area (Å²) in [7, 11) is 0. The molecule has 13 aromatic carbocycles. The summed E-state index contributed by atoms with van der Waals surface area (Å²) in [6, 6.07) is 111. The summed E-state index contributed by atoms with van der Waals surface area (Å²) in [6.45, 7) is 2.46. The van der Waals surface area contributed by atoms with E-state index in [-0.39, 0.29) is 5.41 Å². The van der Waals surface area contributed by atoms with Crippen molar-refractivity contribution in [1.82, 2.24) is 4.57 Å². The maximum Gasteiger partial charge on any atom is 0.0713 e. The summed E-state index contributed by atoms with van der Waals surface area (Å²) in [4.78, 5) is 2.44. The Balaban J connectivity index is 0.855. The molecule has 0 amide bonds. The number of benzene rings is 13. The van der Waals surface area contributed by atoms with Crippen LogP contribution in [0.3, 0.4) is 0 Å². The molecule has 0 saturated heterocycles. The number of hydrogen-bond donors (Lipinski definition) is 0. The van der Waals surface area contributed by atoms with Gasteiger partial charge in [-0.15, -0.1) is 0 Å². The topological polar surface area (TPSA) is 8.17 Å². The van der Waals surface area contributed by atoms with E-state index in [1.807, 2.05) is 0 Å². The summed E-state index contributed by atoms with van der Waals surface area (Å²) in [5, 5.41) is 5.08. The minimum absolute atomic E-state index is 0.388. The molecule has 1 atom stereocenters. The molecule has 2 heterocycles. The van der Waals surface area contributed by atoms with Gasteiger partial charge in [0, 0.05) is 44.4 Å². The summed E-state index contributed by atoms with van der Waals surface area (Å²) in [6.07, 6.45) is 0. The maximum absolute atomic E-state index is 2.59. The molecule has 2 nitrogen and oxygen atoms in total. The van der Waals surface area contributed by atoms with Gasteiger partial charge >= 0.3 is 0 Å². The van der Waals surface area contributed by atoms with E-state index in [2.05, 4.69) is 314 Å². The highest BCUT2D eigenvalue weighted by Crippen LogP contribution is 2.62. The van der Waals surface area contributed by atoms with Gasteiger partial charge in [-0.05, 0) is 156 Å². The molecule has 1 unspecified atom stereocenters. The molecule has 3 aliphatic rings. The van der Waals surface area contributed by atoms with Crippen LogP contribution in [0.4, 0.5) is 17.1 Å². The Kier molecular flexibility index (Phi) is 9.80. The van der Waals surface area contributed by atoms with E-state index in [1.165, 1.54) is 133 Å². The number of aromatic nitrogens is 1. The van der Waals surface area contributed by atoms with Crippen molar-refractivity contribution in [2.24, 2.45) is 0 Å². The molecule has 14 aromatic rings. The molecule has 0 N–H and O–H groups in total. The molecule has 0 bridgehead atoms. The van der Waals surface area contributed by atoms with Gasteiger partial charge in [-0.2, -0.15) is 0 Å². The number of rotatable bonds is 8. The lowest BCUT2D eigenvalue weighted by Gasteiger charge is -2.34. The van der Waals surface area contributed by atoms with E-state index in [0.717, 1.165) is 17.1 Å². The smallest absolute Gasteiger partial charge is 0.0713 e. The van der Waals surface area contributed by atoms with Gasteiger partial charge in [0.2, 0.25) is 0 Å². The van der Waals surface area contributed by atoms with Crippen molar-refractivity contribution in [3.63, 3.8) is 0 Å². The lowest BCUT2D eigenvalue weighted by Crippen LogP contribution is -2.28. The van der Waals surface area contributed by atoms with Gasteiger partial charge in [-0.1, -0.05) is 243 Å². The van der Waals surface area contributed by atoms with Gasteiger partial charge in [0.05, 0.1) is 22.1 Å². The predicted octanol–water partition coefficient (Wildman–Crippen LogP) is 20.4. The van der Waals surface area contributed by atoms with Crippen LogP contribution in [-0.4, -0.2) is 4.57 Å². The van der Waals surface area contributed by atoms with Gasteiger partial charge in [0.25, 0.3) is 0 Å². The SMILES string of the molecule is CC1(c2ccc3ccccc3c2)c2cccc3c2-c2c1ccc1c4ccccc4n(c21)-c1cccc(-c2ccc(N(c4ccc(-c5ccccc5)cc4)c4ccc5c(c4)-c4ccccc4C5(c4ccccc4)c4ccccc4)cc2)c1-3. The zero-order chi connectivity index (χ0) is 53.4. The van der Waals surface area contributed by atoms with E-state index >= 15 is 0 Å². The summed E-state index contributed by atoms with van der Waals surface area (Å²) >= 11 is 0. The third-order valence-corrected chi connectivity index (χ3v) is 18.5. The molecule has 1 aliphatic heterocycles. The average molecular weight is 1030 g/mol. The van der Waals surface area contributed by atoms with Gasteiger partial charge < -0.3 is 9.47 Å². The van der Waals surface area contributed by atoms with Crippen molar-refractivity contribution in [3.8, 4) is 61.3 Å². The fraction of sp³-hybridized carbons (Fsp3) is 0.0380. The third kappa shape index (κ3) is 6.39. The monoisotopic (exact) mass is 1030 g/mol. The Morgan fingerprint density at radius 1 is 0.309 bits per heavy atom. The number of anilines is 3. The molecule has 2 heteroatoms. The largest absolute Gasteiger partial charge is 0.310 e. The maximum atomic E-state index is 2.59. The Morgan fingerprint density at radius 3 is 1.63 bits per heavy atom. The zero-order valence-corrected chi connectivity index (χ0v) is 44.7. The van der Waals surface area contributed by atoms with Crippen molar-refractivity contribution in [2.75, 3.05) is 4.90 Å². The second kappa shape index (κ2) is 17.4. The molecule has 0 fully saturated rings. The highest BCUT2D eigenvalue weighted by molar-refractivity contribution is 6.20. The van der Waals surface area contributed by atoms with Crippen LogP contribution in [0.15, 0.2) is 297 Å². The van der Waals surface area contributed by atoms with Crippen molar-refractivity contribution in [2.45, 2.75) is 17.8 Å². The average Bonchev–Trinajstić information content (AvgIpc) is 4.09. The van der Waals surface area contributed by atoms with Gasteiger partial charge in [-0.3, -0.25) is 0 Å². The first-order chi connectivity index (χ1) is 40.1. The summed E-state index contributed by atoms with van der Waals surface area (Å²) < 4.78 is 2.59. The molecule has 0 radical (unpaired) electrons. The zero-order valence-electron chi connectivity index (χ0n) is 44.7. The standard InChI is InChI=1S/C79H52N2/c1-78(58-40-35-52-21-11-12-22-55(52)49-58)70-32-17-30-66-74-62(29-18-34-73(74)81-72-33-16-14-28-64(72)65-46-48-71(78)76(75(66)70)77(65)81)54-38-43-60(44-39-54)80(59-41-36-53(37-42-59)51-19-5-2-6-20-51)61-45-47-69-67(50-61)63-27-13-15-31-68(63)79(69,56-23-7-3-8-24-56)57-25-9-4-10-26-57/h2-50H,1H3. The second-order valence-electron chi connectivity index (χ2n) is 22.4. The lowest BCUT2D eigenvalue weighted by molar-refractivity contribution is 0.715. The van der Waals surface area contributed by atoms with Crippen LogP contribution in [0.25, 0.3) is 93.9 Å². The van der Waals surface area contributed by atoms with E-state index in [9.17, 15) is 0 Å². The van der Waals surface area contributed by atoms with Crippen LogP contribution < -0.4 is 4.90 Å². The molecular weight excluding hydrogens is 977 g/mol. The van der Waals surface area contributed by atoms with Crippen molar-refractivity contribution in [3.05, 3.63) is 336 Å². The number of hydrogen-bond acceptors (Lipinski definition) is 1. The van der Waals surface area contributed by atoms with Crippen molar-refractivity contribution in [1.29, 1.82) is 0 Å². The predicted molar refractivity (Wildman–Crippen MR) is 338 cm³/mol. The highest BCUT2D eigenvalue weighted by Gasteiger charge is 2.47. The highest BCUT2D eigenvalue weighted by atomic mass is 15.1. The van der Waals surface area contributed by atoms with Gasteiger partial charge in [0.1, 0.15) is 0 Å². The number of fused-ring (bicyclic) bond motifs is 10. The minimum Gasteiger partial charge on any atom is -0.310 e. The normalized spacial score (nSPS) is 14.9. The molecule has 0 spiro atoms. The molecule has 0 saturated carbocycles. The van der Waals surface area contributed by atoms with Crippen LogP contribution in [-0.2, 0) is 10.8 Å². The van der Waals surface area contributed by atoms with Crippen LogP contribution in [0.5, 0.6) is 0 Å². The fourth-order valence-corrected chi connectivity index (χ4v) is 14.9. The fourth-order valence-electron chi connectivity index (χ4n) is 14.9. The molecular formula is C79H52N2. The molecule has 2 aliphatic carbocycles. The molecule has 378 valence electrons. The minimum atomic E-state index is -0.486. The van der Waals surface area contributed by atoms with E-state index in [4.69, 9.17) is 0 Å². The number of para-hydroxylation sites is 1.